The van der Waals surface area contributed by atoms with Crippen LogP contribution in [0.4, 0.5) is 26.3 Å². The topological polar surface area (TPSA) is 66.8 Å². The standard InChI is InChI=1S/C15H13F6NO4/c16-14(17,18)11-7-22(6-10(11)13(24)25)12(23)5-8-1-3-9(4-2-8)26-15(19,20)21/h1-4,10-11H,5-7H2,(H,24,25)/t10-,11-/m1/s1. The van der Waals surface area contributed by atoms with Gasteiger partial charge in [-0.2, -0.15) is 13.2 Å². The number of alkyl halides is 6. The number of benzene rings is 1. The maximum absolute atomic E-state index is 12.9. The van der Waals surface area contributed by atoms with Crippen LogP contribution in [0.3, 0.4) is 0 Å². The van der Waals surface area contributed by atoms with E-state index in [0.29, 0.717) is 0 Å². The number of carbonyl (C=O) groups excluding carboxylic acids is 1. The van der Waals surface area contributed by atoms with E-state index in [1.165, 1.54) is 12.1 Å². The van der Waals surface area contributed by atoms with Gasteiger partial charge in [0.05, 0.1) is 18.3 Å². The molecule has 0 aromatic heterocycles. The number of aliphatic carboxylic acids is 1. The number of rotatable bonds is 4. The molecular weight excluding hydrogens is 372 g/mol. The fraction of sp³-hybridized carbons (Fsp3) is 0.467. The van der Waals surface area contributed by atoms with Crippen molar-refractivity contribution < 1.29 is 45.8 Å². The maximum atomic E-state index is 12.9. The van der Waals surface area contributed by atoms with Crippen molar-refractivity contribution in [1.29, 1.82) is 0 Å². The van der Waals surface area contributed by atoms with E-state index in [2.05, 4.69) is 4.74 Å². The summed E-state index contributed by atoms with van der Waals surface area (Å²) in [6, 6.07) is 4.28. The minimum atomic E-state index is -4.87. The van der Waals surface area contributed by atoms with Gasteiger partial charge in [-0.3, -0.25) is 9.59 Å². The van der Waals surface area contributed by atoms with Gasteiger partial charge in [-0.15, -0.1) is 13.2 Å². The normalized spacial score (nSPS) is 20.9. The molecule has 0 radical (unpaired) electrons. The Kier molecular flexibility index (Phi) is 5.38. The van der Waals surface area contributed by atoms with Crippen LogP contribution in [0.1, 0.15) is 5.56 Å². The van der Waals surface area contributed by atoms with Crippen molar-refractivity contribution in [2.45, 2.75) is 19.0 Å². The van der Waals surface area contributed by atoms with Gasteiger partial charge >= 0.3 is 18.5 Å². The second-order valence-corrected chi connectivity index (χ2v) is 5.76. The Hall–Kier alpha value is -2.46. The molecule has 5 nitrogen and oxygen atoms in total. The van der Waals surface area contributed by atoms with Gasteiger partial charge in [0.25, 0.3) is 0 Å². The number of carbonyl (C=O) groups is 2. The minimum absolute atomic E-state index is 0.256. The van der Waals surface area contributed by atoms with Crippen LogP contribution < -0.4 is 4.74 Å². The number of carboxylic acid groups (broad SMARTS) is 1. The number of hydrogen-bond acceptors (Lipinski definition) is 3. The monoisotopic (exact) mass is 385 g/mol. The SMILES string of the molecule is O=C(O)[C@@H]1CN(C(=O)Cc2ccc(OC(F)(F)F)cc2)C[C@H]1C(F)(F)F. The number of amides is 1. The van der Waals surface area contributed by atoms with Crippen LogP contribution in [0.2, 0.25) is 0 Å². The Morgan fingerprint density at radius 2 is 1.65 bits per heavy atom. The zero-order valence-corrected chi connectivity index (χ0v) is 13.0. The average molecular weight is 385 g/mol. The Bertz CT molecular complexity index is 670. The lowest BCUT2D eigenvalue weighted by molar-refractivity contribution is -0.274. The van der Waals surface area contributed by atoms with Crippen LogP contribution in [-0.2, 0) is 16.0 Å². The fourth-order valence-corrected chi connectivity index (χ4v) is 2.68. The van der Waals surface area contributed by atoms with Crippen LogP contribution in [0, 0.1) is 11.8 Å². The molecule has 1 amide bonds. The molecular formula is C15H13F6NO4. The highest BCUT2D eigenvalue weighted by Gasteiger charge is 2.53. The summed E-state index contributed by atoms with van der Waals surface area (Å²) >= 11 is 0. The zero-order chi connectivity index (χ0) is 19.7. The van der Waals surface area contributed by atoms with Gasteiger partial charge in [0, 0.05) is 13.1 Å². The number of ether oxygens (including phenoxy) is 1. The van der Waals surface area contributed by atoms with Crippen molar-refractivity contribution in [3.63, 3.8) is 0 Å². The lowest BCUT2D eigenvalue weighted by Crippen LogP contribution is -2.34. The van der Waals surface area contributed by atoms with Gasteiger partial charge in [-0.05, 0) is 17.7 Å². The van der Waals surface area contributed by atoms with Crippen molar-refractivity contribution in [3.8, 4) is 5.75 Å². The second-order valence-electron chi connectivity index (χ2n) is 5.76. The van der Waals surface area contributed by atoms with Crippen molar-refractivity contribution in [1.82, 2.24) is 4.90 Å². The van der Waals surface area contributed by atoms with Gasteiger partial charge in [0.15, 0.2) is 0 Å². The quantitative estimate of drug-likeness (QED) is 0.810. The van der Waals surface area contributed by atoms with Crippen LogP contribution in [0.15, 0.2) is 24.3 Å². The van der Waals surface area contributed by atoms with E-state index in [0.717, 1.165) is 17.0 Å². The number of likely N-dealkylation sites (tertiary alicyclic amines) is 1. The highest BCUT2D eigenvalue weighted by Crippen LogP contribution is 2.38. The first kappa shape index (κ1) is 19.9. The molecule has 0 bridgehead atoms. The predicted octanol–water partition coefficient (Wildman–Crippen LogP) is 2.85. The van der Waals surface area contributed by atoms with Gasteiger partial charge in [-0.25, -0.2) is 0 Å². The molecule has 2 rings (SSSR count). The summed E-state index contributed by atoms with van der Waals surface area (Å²) in [5.74, 6) is -6.80. The largest absolute Gasteiger partial charge is 0.573 e. The van der Waals surface area contributed by atoms with Crippen LogP contribution in [-0.4, -0.2) is 47.5 Å². The molecule has 0 unspecified atom stereocenters. The first-order valence-corrected chi connectivity index (χ1v) is 7.29. The zero-order valence-electron chi connectivity index (χ0n) is 13.0. The molecule has 0 spiro atoms. The summed E-state index contributed by atoms with van der Waals surface area (Å²) in [4.78, 5) is 23.9. The van der Waals surface area contributed by atoms with Gasteiger partial charge in [0.2, 0.25) is 5.91 Å². The maximum Gasteiger partial charge on any atom is 0.573 e. The minimum Gasteiger partial charge on any atom is -0.481 e. The molecule has 1 saturated heterocycles. The molecule has 1 fully saturated rings. The highest BCUT2D eigenvalue weighted by molar-refractivity contribution is 5.81. The molecule has 144 valence electrons. The molecule has 1 aliphatic heterocycles. The lowest BCUT2D eigenvalue weighted by Gasteiger charge is -2.18. The molecule has 1 aromatic rings. The van der Waals surface area contributed by atoms with Gasteiger partial charge in [0.1, 0.15) is 5.75 Å². The molecule has 0 saturated carbocycles. The van der Waals surface area contributed by atoms with Crippen molar-refractivity contribution >= 4 is 11.9 Å². The molecule has 11 heteroatoms. The second kappa shape index (κ2) is 7.04. The molecule has 2 atom stereocenters. The average Bonchev–Trinajstić information content (AvgIpc) is 2.93. The molecule has 26 heavy (non-hydrogen) atoms. The summed E-state index contributed by atoms with van der Waals surface area (Å²) in [5, 5.41) is 8.92. The number of hydrogen-bond donors (Lipinski definition) is 1. The number of nitrogens with zero attached hydrogens (tertiary/aromatic N) is 1. The summed E-state index contributed by atoms with van der Waals surface area (Å²) in [6.45, 7) is -1.35. The summed E-state index contributed by atoms with van der Waals surface area (Å²) in [7, 11) is 0. The van der Waals surface area contributed by atoms with E-state index in [9.17, 15) is 35.9 Å². The molecule has 0 aliphatic carbocycles. The highest BCUT2D eigenvalue weighted by atomic mass is 19.4. The number of halogens is 6. The van der Waals surface area contributed by atoms with Crippen LogP contribution >= 0.6 is 0 Å². The van der Waals surface area contributed by atoms with Crippen LogP contribution in [0.5, 0.6) is 5.75 Å². The molecule has 1 aromatic carbocycles. The van der Waals surface area contributed by atoms with Gasteiger partial charge < -0.3 is 14.7 Å². The van der Waals surface area contributed by atoms with Crippen molar-refractivity contribution in [2.24, 2.45) is 11.8 Å². The van der Waals surface area contributed by atoms with E-state index in [1.54, 1.807) is 0 Å². The smallest absolute Gasteiger partial charge is 0.481 e. The molecule has 1 heterocycles. The van der Waals surface area contributed by atoms with Crippen LogP contribution in [0.25, 0.3) is 0 Å². The Balaban J connectivity index is 2.03. The van der Waals surface area contributed by atoms with Crippen molar-refractivity contribution in [3.05, 3.63) is 29.8 Å². The first-order chi connectivity index (χ1) is 11.9. The Morgan fingerprint density at radius 1 is 1.08 bits per heavy atom. The van der Waals surface area contributed by atoms with E-state index in [-0.39, 0.29) is 12.0 Å². The molecule has 1 N–H and O–H groups in total. The number of carboxylic acids is 1. The van der Waals surface area contributed by atoms with E-state index < -0.39 is 55.1 Å². The third-order valence-corrected chi connectivity index (χ3v) is 3.92. The first-order valence-electron chi connectivity index (χ1n) is 7.29. The third-order valence-electron chi connectivity index (χ3n) is 3.92. The van der Waals surface area contributed by atoms with E-state index in [4.69, 9.17) is 5.11 Å². The Labute approximate surface area is 143 Å². The third kappa shape index (κ3) is 5.02. The Morgan fingerprint density at radius 3 is 2.08 bits per heavy atom. The lowest BCUT2D eigenvalue weighted by atomic mass is 9.96. The van der Waals surface area contributed by atoms with E-state index >= 15 is 0 Å². The van der Waals surface area contributed by atoms with Gasteiger partial charge in [-0.1, -0.05) is 12.1 Å². The van der Waals surface area contributed by atoms with E-state index in [1.807, 2.05) is 0 Å². The summed E-state index contributed by atoms with van der Waals surface area (Å²) < 4.78 is 78.6. The summed E-state index contributed by atoms with van der Waals surface area (Å²) in [6.07, 6.45) is -10.00. The van der Waals surface area contributed by atoms with Crippen molar-refractivity contribution in [2.75, 3.05) is 13.1 Å². The molecule has 1 aliphatic rings. The predicted molar refractivity (Wildman–Crippen MR) is 74.1 cm³/mol. The fourth-order valence-electron chi connectivity index (χ4n) is 2.68. The summed E-state index contributed by atoms with van der Waals surface area (Å²) in [5.41, 5.74) is 0.256.